The molecule has 0 radical (unpaired) electrons. The lowest BCUT2D eigenvalue weighted by Gasteiger charge is -2.24. The van der Waals surface area contributed by atoms with E-state index < -0.39 is 29.6 Å². The molecule has 1 atom stereocenters. The van der Waals surface area contributed by atoms with Crippen LogP contribution in [-0.2, 0) is 30.4 Å². The van der Waals surface area contributed by atoms with Crippen LogP contribution < -0.4 is 10.6 Å². The van der Waals surface area contributed by atoms with Crippen molar-refractivity contribution in [1.82, 2.24) is 14.5 Å². The van der Waals surface area contributed by atoms with Gasteiger partial charge in [-0.25, -0.2) is 24.1 Å². The first-order valence-corrected chi connectivity index (χ1v) is 12.0. The van der Waals surface area contributed by atoms with E-state index in [2.05, 4.69) is 4.74 Å². The van der Waals surface area contributed by atoms with E-state index in [9.17, 15) is 14.4 Å². The van der Waals surface area contributed by atoms with Crippen LogP contribution in [0.1, 0.15) is 39.3 Å². The predicted molar refractivity (Wildman–Crippen MR) is 136 cm³/mol. The van der Waals surface area contributed by atoms with Gasteiger partial charge in [0.15, 0.2) is 11.5 Å². The first-order valence-electron chi connectivity index (χ1n) is 12.0. The van der Waals surface area contributed by atoms with Gasteiger partial charge < -0.3 is 24.8 Å². The van der Waals surface area contributed by atoms with Crippen LogP contribution in [0.4, 0.5) is 10.6 Å². The SMILES string of the molecule is COC(=O)COCc1cc2c(N3CCC[C@H]3C(N)=O)nc(-c3ccccc3)nc2n1C(=O)OC(C)(C)C. The van der Waals surface area contributed by atoms with Gasteiger partial charge in [-0.1, -0.05) is 30.3 Å². The lowest BCUT2D eigenvalue weighted by molar-refractivity contribution is -0.146. The van der Waals surface area contributed by atoms with E-state index in [4.69, 9.17) is 25.2 Å². The Morgan fingerprint density at radius 3 is 2.51 bits per heavy atom. The first kappa shape index (κ1) is 26.1. The smallest absolute Gasteiger partial charge is 0.420 e. The molecule has 2 aromatic heterocycles. The Hall–Kier alpha value is -3.99. The van der Waals surface area contributed by atoms with Gasteiger partial charge in [0.1, 0.15) is 24.1 Å². The summed E-state index contributed by atoms with van der Waals surface area (Å²) in [5.74, 6) is -0.128. The Morgan fingerprint density at radius 2 is 1.86 bits per heavy atom. The largest absolute Gasteiger partial charge is 0.467 e. The summed E-state index contributed by atoms with van der Waals surface area (Å²) in [5.41, 5.74) is 6.38. The third kappa shape index (κ3) is 5.72. The number of amides is 1. The van der Waals surface area contributed by atoms with Crippen LogP contribution in [0.5, 0.6) is 0 Å². The predicted octanol–water partition coefficient (Wildman–Crippen LogP) is 3.03. The molecule has 37 heavy (non-hydrogen) atoms. The number of nitrogens with zero attached hydrogens (tertiary/aromatic N) is 4. The van der Waals surface area contributed by atoms with E-state index >= 15 is 0 Å². The van der Waals surface area contributed by atoms with Gasteiger partial charge in [-0.2, -0.15) is 0 Å². The van der Waals surface area contributed by atoms with Crippen LogP contribution in [0, 0.1) is 0 Å². The molecule has 11 nitrogen and oxygen atoms in total. The Kier molecular flexibility index (Phi) is 7.44. The molecule has 4 rings (SSSR count). The molecule has 3 heterocycles. The number of nitrogens with two attached hydrogens (primary N) is 1. The number of hydrogen-bond acceptors (Lipinski definition) is 9. The summed E-state index contributed by atoms with van der Waals surface area (Å²) in [5, 5.41) is 0.537. The van der Waals surface area contributed by atoms with Crippen LogP contribution in [0.25, 0.3) is 22.4 Å². The van der Waals surface area contributed by atoms with Crippen molar-refractivity contribution in [1.29, 1.82) is 0 Å². The molecule has 0 aliphatic carbocycles. The minimum absolute atomic E-state index is 0.0932. The summed E-state index contributed by atoms with van der Waals surface area (Å²) >= 11 is 0. The molecule has 0 bridgehead atoms. The number of primary amides is 1. The van der Waals surface area contributed by atoms with Gasteiger partial charge in [0, 0.05) is 12.1 Å². The zero-order valence-corrected chi connectivity index (χ0v) is 21.4. The second kappa shape index (κ2) is 10.6. The van der Waals surface area contributed by atoms with Gasteiger partial charge in [0.05, 0.1) is 24.8 Å². The summed E-state index contributed by atoms with van der Waals surface area (Å²) in [4.78, 5) is 48.7. The van der Waals surface area contributed by atoms with E-state index in [1.54, 1.807) is 26.8 Å². The molecule has 11 heteroatoms. The molecule has 0 spiro atoms. The average molecular weight is 510 g/mol. The average Bonchev–Trinajstić information content (AvgIpc) is 3.48. The van der Waals surface area contributed by atoms with E-state index in [0.717, 1.165) is 12.0 Å². The molecule has 1 amide bonds. The number of methoxy groups -OCH3 is 1. The Labute approximate surface area is 214 Å². The van der Waals surface area contributed by atoms with Crippen LogP contribution in [0.2, 0.25) is 0 Å². The summed E-state index contributed by atoms with van der Waals surface area (Å²) in [6.45, 7) is 5.48. The van der Waals surface area contributed by atoms with Crippen molar-refractivity contribution in [2.45, 2.75) is 51.9 Å². The number of rotatable bonds is 7. The third-order valence-electron chi connectivity index (χ3n) is 5.87. The van der Waals surface area contributed by atoms with Crippen molar-refractivity contribution in [3.8, 4) is 11.4 Å². The van der Waals surface area contributed by atoms with Crippen molar-refractivity contribution < 1.29 is 28.6 Å². The highest BCUT2D eigenvalue weighted by atomic mass is 16.6. The van der Waals surface area contributed by atoms with Gasteiger partial charge in [0.2, 0.25) is 5.91 Å². The number of ether oxygens (including phenoxy) is 3. The number of aromatic nitrogens is 3. The van der Waals surface area contributed by atoms with Gasteiger partial charge in [-0.3, -0.25) is 4.79 Å². The number of carbonyl (C=O) groups excluding carboxylic acids is 3. The van der Waals surface area contributed by atoms with Gasteiger partial charge in [0.25, 0.3) is 0 Å². The number of esters is 1. The van der Waals surface area contributed by atoms with E-state index in [-0.39, 0.29) is 13.2 Å². The molecule has 1 aliphatic rings. The van der Waals surface area contributed by atoms with Gasteiger partial charge in [-0.15, -0.1) is 0 Å². The maximum absolute atomic E-state index is 13.4. The van der Waals surface area contributed by atoms with Gasteiger partial charge >= 0.3 is 12.1 Å². The monoisotopic (exact) mass is 509 g/mol. The van der Waals surface area contributed by atoms with Crippen LogP contribution >= 0.6 is 0 Å². The highest BCUT2D eigenvalue weighted by molar-refractivity contribution is 5.97. The molecule has 1 saturated heterocycles. The second-order valence-electron chi connectivity index (χ2n) is 9.75. The van der Waals surface area contributed by atoms with Crippen molar-refractivity contribution >= 4 is 34.8 Å². The van der Waals surface area contributed by atoms with E-state index in [1.807, 2.05) is 35.2 Å². The van der Waals surface area contributed by atoms with Crippen molar-refractivity contribution in [3.63, 3.8) is 0 Å². The van der Waals surface area contributed by atoms with E-state index in [0.29, 0.717) is 41.3 Å². The highest BCUT2D eigenvalue weighted by Gasteiger charge is 2.33. The summed E-state index contributed by atoms with van der Waals surface area (Å²) in [7, 11) is 1.27. The first-order chi connectivity index (χ1) is 17.6. The molecule has 196 valence electrons. The molecule has 1 aliphatic heterocycles. The fourth-order valence-corrected chi connectivity index (χ4v) is 4.28. The lowest BCUT2D eigenvalue weighted by atomic mass is 10.2. The number of hydrogen-bond donors (Lipinski definition) is 1. The molecule has 2 N–H and O–H groups in total. The minimum atomic E-state index is -0.776. The highest BCUT2D eigenvalue weighted by Crippen LogP contribution is 2.34. The van der Waals surface area contributed by atoms with Crippen LogP contribution in [-0.4, -0.2) is 64.4 Å². The summed E-state index contributed by atoms with van der Waals surface area (Å²) in [6.07, 6.45) is 0.709. The van der Waals surface area contributed by atoms with Crippen LogP contribution in [0.15, 0.2) is 36.4 Å². The van der Waals surface area contributed by atoms with Crippen molar-refractivity contribution in [2.24, 2.45) is 5.73 Å². The minimum Gasteiger partial charge on any atom is -0.467 e. The third-order valence-corrected chi connectivity index (χ3v) is 5.87. The maximum Gasteiger partial charge on any atom is 0.420 e. The molecular formula is C26H31N5O6. The molecule has 1 aromatic carbocycles. The number of carbonyl (C=O) groups is 3. The quantitative estimate of drug-likeness (QED) is 0.476. The number of fused-ring (bicyclic) bond motifs is 1. The second-order valence-corrected chi connectivity index (χ2v) is 9.75. The molecule has 0 unspecified atom stereocenters. The fraction of sp³-hybridized carbons (Fsp3) is 0.423. The molecular weight excluding hydrogens is 478 g/mol. The van der Waals surface area contributed by atoms with Crippen molar-refractivity contribution in [2.75, 3.05) is 25.2 Å². The number of anilines is 1. The van der Waals surface area contributed by atoms with E-state index in [1.165, 1.54) is 11.7 Å². The summed E-state index contributed by atoms with van der Waals surface area (Å²) < 4.78 is 17.2. The Balaban J connectivity index is 1.92. The van der Waals surface area contributed by atoms with Crippen LogP contribution in [0.3, 0.4) is 0 Å². The number of benzene rings is 1. The maximum atomic E-state index is 13.4. The zero-order valence-electron chi connectivity index (χ0n) is 21.4. The Morgan fingerprint density at radius 1 is 1.14 bits per heavy atom. The standard InChI is InChI=1S/C26H31N5O6/c1-26(2,3)37-25(34)31-17(14-36-15-20(32)35-4)13-18-23(30-12-8-11-19(30)21(27)33)28-22(29-24(18)31)16-9-6-5-7-10-16/h5-7,9-10,13,19H,8,11-12,14-15H2,1-4H3,(H2,27,33)/t19-/m0/s1. The zero-order chi connectivity index (χ0) is 26.7. The lowest BCUT2D eigenvalue weighted by Crippen LogP contribution is -2.40. The Bertz CT molecular complexity index is 1310. The molecule has 3 aromatic rings. The normalized spacial score (nSPS) is 15.7. The summed E-state index contributed by atoms with van der Waals surface area (Å²) in [6, 6.07) is 10.5. The van der Waals surface area contributed by atoms with Crippen molar-refractivity contribution in [3.05, 3.63) is 42.1 Å². The topological polar surface area (TPSA) is 139 Å². The molecule has 0 saturated carbocycles. The fourth-order valence-electron chi connectivity index (χ4n) is 4.28. The molecule has 1 fully saturated rings. The van der Waals surface area contributed by atoms with Gasteiger partial charge in [-0.05, 0) is 39.7 Å².